The van der Waals surface area contributed by atoms with Crippen molar-refractivity contribution in [2.75, 3.05) is 0 Å². The third kappa shape index (κ3) is 1.72. The Labute approximate surface area is 115 Å². The van der Waals surface area contributed by atoms with Crippen LogP contribution in [0.2, 0.25) is 0 Å². The van der Waals surface area contributed by atoms with Gasteiger partial charge in [0.05, 0.1) is 6.07 Å². The molecular weight excluding hydrogens is 254 g/mol. The SMILES string of the molecule is N#CC(C1CCc2[nH]ccc2C1=O)C(C#N)(C#N)C#N. The van der Waals surface area contributed by atoms with Gasteiger partial charge in [-0.2, -0.15) is 21.0 Å². The number of carbonyl (C=O) groups is 1. The number of fused-ring (bicyclic) bond motifs is 1. The molecular formula is C14H9N5O. The molecule has 0 spiro atoms. The molecule has 1 aromatic heterocycles. The zero-order valence-corrected chi connectivity index (χ0v) is 10.4. The lowest BCUT2D eigenvalue weighted by Gasteiger charge is -2.28. The van der Waals surface area contributed by atoms with Crippen molar-refractivity contribution >= 4 is 5.78 Å². The predicted octanol–water partition coefficient (Wildman–Crippen LogP) is 1.46. The predicted molar refractivity (Wildman–Crippen MR) is 65.3 cm³/mol. The van der Waals surface area contributed by atoms with E-state index in [-0.39, 0.29) is 5.78 Å². The molecule has 0 saturated carbocycles. The van der Waals surface area contributed by atoms with Gasteiger partial charge in [0.25, 0.3) is 0 Å². The summed E-state index contributed by atoms with van der Waals surface area (Å²) < 4.78 is 0. The minimum absolute atomic E-state index is 0.288. The average Bonchev–Trinajstić information content (AvgIpc) is 2.96. The third-order valence-electron chi connectivity index (χ3n) is 3.68. The third-order valence-corrected chi connectivity index (χ3v) is 3.68. The first-order chi connectivity index (χ1) is 9.63. The lowest BCUT2D eigenvalue weighted by molar-refractivity contribution is 0.0850. The molecule has 2 rings (SSSR count). The number of aromatic nitrogens is 1. The van der Waals surface area contributed by atoms with Crippen molar-refractivity contribution in [2.45, 2.75) is 12.8 Å². The molecule has 1 aliphatic rings. The van der Waals surface area contributed by atoms with E-state index in [0.717, 1.165) is 5.69 Å². The van der Waals surface area contributed by atoms with E-state index >= 15 is 0 Å². The molecule has 0 amide bonds. The molecule has 2 atom stereocenters. The molecule has 6 heteroatoms. The van der Waals surface area contributed by atoms with Crippen molar-refractivity contribution in [1.82, 2.24) is 4.98 Å². The average molecular weight is 263 g/mol. The Morgan fingerprint density at radius 3 is 2.45 bits per heavy atom. The maximum Gasteiger partial charge on any atom is 0.244 e. The van der Waals surface area contributed by atoms with Crippen LogP contribution in [0.3, 0.4) is 0 Å². The number of nitrogens with one attached hydrogen (secondary N) is 1. The van der Waals surface area contributed by atoms with Gasteiger partial charge < -0.3 is 4.98 Å². The number of carbonyl (C=O) groups excluding carboxylic acids is 1. The molecule has 1 heterocycles. The Hall–Kier alpha value is -3.09. The van der Waals surface area contributed by atoms with Crippen molar-refractivity contribution < 1.29 is 4.79 Å². The summed E-state index contributed by atoms with van der Waals surface area (Å²) in [6.07, 6.45) is 2.53. The summed E-state index contributed by atoms with van der Waals surface area (Å²) in [5.74, 6) is -2.34. The lowest BCUT2D eigenvalue weighted by Crippen LogP contribution is -2.37. The zero-order valence-electron chi connectivity index (χ0n) is 10.4. The highest BCUT2D eigenvalue weighted by Crippen LogP contribution is 2.38. The Bertz CT molecular complexity index is 682. The standard InChI is InChI=1S/C14H9N5O/c15-5-11(14(6-16,7-17)8-18)9-1-2-12-10(13(9)20)3-4-19-12/h3-4,9,11,19H,1-2H2. The monoisotopic (exact) mass is 263 g/mol. The minimum atomic E-state index is -2.11. The summed E-state index contributed by atoms with van der Waals surface area (Å²) in [6.45, 7) is 0. The summed E-state index contributed by atoms with van der Waals surface area (Å²) in [5.41, 5.74) is -0.841. The normalized spacial score (nSPS) is 18.8. The van der Waals surface area contributed by atoms with Crippen LogP contribution in [0.25, 0.3) is 0 Å². The van der Waals surface area contributed by atoms with Gasteiger partial charge in [0.15, 0.2) is 5.78 Å². The highest BCUT2D eigenvalue weighted by molar-refractivity contribution is 6.00. The Kier molecular flexibility index (Phi) is 3.26. The topological polar surface area (TPSA) is 128 Å². The maximum atomic E-state index is 12.4. The fourth-order valence-electron chi connectivity index (χ4n) is 2.56. The number of aromatic amines is 1. The van der Waals surface area contributed by atoms with Crippen molar-refractivity contribution in [3.8, 4) is 24.3 Å². The smallest absolute Gasteiger partial charge is 0.244 e. The van der Waals surface area contributed by atoms with Crippen LogP contribution in [-0.2, 0) is 6.42 Å². The van der Waals surface area contributed by atoms with Gasteiger partial charge in [-0.15, -0.1) is 0 Å². The second kappa shape index (κ2) is 4.88. The van der Waals surface area contributed by atoms with Gasteiger partial charge in [-0.3, -0.25) is 4.79 Å². The largest absolute Gasteiger partial charge is 0.364 e. The summed E-state index contributed by atoms with van der Waals surface area (Å²) in [6, 6.07) is 8.23. The lowest BCUT2D eigenvalue weighted by atomic mass is 9.67. The van der Waals surface area contributed by atoms with E-state index in [2.05, 4.69) is 4.98 Å². The molecule has 0 aromatic carbocycles. The molecule has 20 heavy (non-hydrogen) atoms. The Morgan fingerprint density at radius 2 is 1.90 bits per heavy atom. The van der Waals surface area contributed by atoms with Gasteiger partial charge in [0.2, 0.25) is 5.41 Å². The van der Waals surface area contributed by atoms with Crippen molar-refractivity contribution in [3.05, 3.63) is 23.5 Å². The quantitative estimate of drug-likeness (QED) is 0.863. The van der Waals surface area contributed by atoms with E-state index in [1.165, 1.54) is 0 Å². The highest BCUT2D eigenvalue weighted by Gasteiger charge is 2.49. The Balaban J connectivity index is 2.45. The molecule has 0 bridgehead atoms. The number of nitriles is 4. The van der Waals surface area contributed by atoms with Gasteiger partial charge >= 0.3 is 0 Å². The van der Waals surface area contributed by atoms with Gasteiger partial charge in [-0.1, -0.05) is 0 Å². The first-order valence-corrected chi connectivity index (χ1v) is 5.97. The maximum absolute atomic E-state index is 12.4. The van der Waals surface area contributed by atoms with Crippen molar-refractivity contribution in [3.63, 3.8) is 0 Å². The number of H-pyrrole nitrogens is 1. The van der Waals surface area contributed by atoms with Crippen LogP contribution in [0.5, 0.6) is 0 Å². The molecule has 0 aliphatic heterocycles. The van der Waals surface area contributed by atoms with Crippen molar-refractivity contribution in [2.24, 2.45) is 17.3 Å². The fraction of sp³-hybridized carbons (Fsp3) is 0.357. The van der Waals surface area contributed by atoms with Crippen LogP contribution >= 0.6 is 0 Å². The van der Waals surface area contributed by atoms with Gasteiger partial charge in [0, 0.05) is 23.4 Å². The van der Waals surface area contributed by atoms with Crippen LogP contribution in [-0.4, -0.2) is 10.8 Å². The van der Waals surface area contributed by atoms with Gasteiger partial charge in [-0.25, -0.2) is 0 Å². The number of hydrogen-bond acceptors (Lipinski definition) is 5. The van der Waals surface area contributed by atoms with E-state index < -0.39 is 17.3 Å². The molecule has 0 saturated heterocycles. The van der Waals surface area contributed by atoms with Crippen LogP contribution < -0.4 is 0 Å². The second-order valence-electron chi connectivity index (χ2n) is 4.63. The number of nitrogens with zero attached hydrogens (tertiary/aromatic N) is 4. The minimum Gasteiger partial charge on any atom is -0.364 e. The number of aryl methyl sites for hydroxylation is 1. The summed E-state index contributed by atoms with van der Waals surface area (Å²) in [7, 11) is 0. The van der Waals surface area contributed by atoms with E-state index in [1.54, 1.807) is 30.5 Å². The van der Waals surface area contributed by atoms with E-state index in [9.17, 15) is 10.1 Å². The molecule has 2 unspecified atom stereocenters. The van der Waals surface area contributed by atoms with E-state index in [1.807, 2.05) is 6.07 Å². The Morgan fingerprint density at radius 1 is 1.25 bits per heavy atom. The number of ketones is 1. The summed E-state index contributed by atoms with van der Waals surface area (Å²) >= 11 is 0. The van der Waals surface area contributed by atoms with Crippen molar-refractivity contribution in [1.29, 1.82) is 21.0 Å². The molecule has 6 nitrogen and oxygen atoms in total. The molecule has 1 N–H and O–H groups in total. The number of Topliss-reactive ketones (excluding diaryl/α,β-unsaturated/α-hetero) is 1. The highest BCUT2D eigenvalue weighted by atomic mass is 16.1. The molecule has 0 fully saturated rings. The first-order valence-electron chi connectivity index (χ1n) is 5.97. The molecule has 96 valence electrons. The van der Waals surface area contributed by atoms with Gasteiger partial charge in [0.1, 0.15) is 24.1 Å². The van der Waals surface area contributed by atoms with E-state index in [0.29, 0.717) is 18.4 Å². The van der Waals surface area contributed by atoms with Crippen LogP contribution in [0.1, 0.15) is 22.5 Å². The second-order valence-corrected chi connectivity index (χ2v) is 4.63. The summed E-state index contributed by atoms with van der Waals surface area (Å²) in [5, 5.41) is 36.5. The summed E-state index contributed by atoms with van der Waals surface area (Å²) in [4.78, 5) is 15.3. The number of hydrogen-bond donors (Lipinski definition) is 1. The van der Waals surface area contributed by atoms with Crippen LogP contribution in [0.4, 0.5) is 0 Å². The van der Waals surface area contributed by atoms with E-state index in [4.69, 9.17) is 15.8 Å². The molecule has 1 aliphatic carbocycles. The number of rotatable bonds is 2. The molecule has 1 aromatic rings. The molecule has 0 radical (unpaired) electrons. The first kappa shape index (κ1) is 13.3. The van der Waals surface area contributed by atoms with Gasteiger partial charge in [-0.05, 0) is 18.9 Å². The fourth-order valence-corrected chi connectivity index (χ4v) is 2.56. The van der Waals surface area contributed by atoms with Crippen LogP contribution in [0.15, 0.2) is 12.3 Å². The van der Waals surface area contributed by atoms with Crippen LogP contribution in [0, 0.1) is 62.6 Å². The zero-order chi connectivity index (χ0) is 14.8.